The minimum absolute atomic E-state index is 0.119. The third-order valence-electron chi connectivity index (χ3n) is 3.75. The molecular weight excluding hydrogens is 236 g/mol. The first-order chi connectivity index (χ1) is 9.33. The van der Waals surface area contributed by atoms with Gasteiger partial charge in [-0.3, -0.25) is 0 Å². The normalized spacial score (nSPS) is 23.5. The third kappa shape index (κ3) is 4.32. The predicted molar refractivity (Wildman–Crippen MR) is 78.4 cm³/mol. The van der Waals surface area contributed by atoms with Gasteiger partial charge in [0.05, 0.1) is 19.3 Å². The van der Waals surface area contributed by atoms with Gasteiger partial charge in [-0.15, -0.1) is 0 Å². The molecule has 1 heterocycles. The van der Waals surface area contributed by atoms with Crippen LogP contribution in [0.5, 0.6) is 0 Å². The van der Waals surface area contributed by atoms with E-state index in [2.05, 4.69) is 38.1 Å². The molecule has 1 saturated heterocycles. The molecule has 0 radical (unpaired) electrons. The highest BCUT2D eigenvalue weighted by molar-refractivity contribution is 5.24. The molecule has 0 saturated carbocycles. The van der Waals surface area contributed by atoms with E-state index in [0.29, 0.717) is 12.7 Å². The summed E-state index contributed by atoms with van der Waals surface area (Å²) in [6, 6.07) is 8.84. The zero-order valence-corrected chi connectivity index (χ0v) is 12.2. The minimum atomic E-state index is 0.119. The first kappa shape index (κ1) is 14.5. The van der Waals surface area contributed by atoms with Crippen molar-refractivity contribution >= 4 is 0 Å². The first-order valence-corrected chi connectivity index (χ1v) is 7.65. The van der Waals surface area contributed by atoms with Crippen LogP contribution in [0.25, 0.3) is 0 Å². The average molecular weight is 262 g/mol. The fourth-order valence-corrected chi connectivity index (χ4v) is 2.50. The molecule has 0 spiro atoms. The van der Waals surface area contributed by atoms with Gasteiger partial charge in [-0.1, -0.05) is 51.0 Å². The molecule has 0 N–H and O–H groups in total. The molecule has 0 aliphatic carbocycles. The van der Waals surface area contributed by atoms with E-state index in [4.69, 9.17) is 9.47 Å². The van der Waals surface area contributed by atoms with E-state index >= 15 is 0 Å². The van der Waals surface area contributed by atoms with Gasteiger partial charge in [0.1, 0.15) is 6.10 Å². The molecule has 1 fully saturated rings. The lowest BCUT2D eigenvalue weighted by atomic mass is 10.0. The van der Waals surface area contributed by atoms with E-state index in [1.807, 2.05) is 0 Å². The standard InChI is InChI=1S/C17H26O2/c1-3-5-7-14-8-10-15(11-9-14)17-13-18-16(6-4-2)12-19-17/h8-11,16-17H,3-7,12-13H2,1-2H3/t16-,17-/m1/s1. The van der Waals surface area contributed by atoms with Crippen LogP contribution in [0.15, 0.2) is 24.3 Å². The molecule has 2 rings (SSSR count). The van der Waals surface area contributed by atoms with Gasteiger partial charge in [0.25, 0.3) is 0 Å². The van der Waals surface area contributed by atoms with Crippen LogP contribution in [0.2, 0.25) is 0 Å². The second-order valence-corrected chi connectivity index (χ2v) is 5.41. The molecule has 106 valence electrons. The minimum Gasteiger partial charge on any atom is -0.373 e. The van der Waals surface area contributed by atoms with Crippen LogP contribution in [-0.2, 0) is 15.9 Å². The SMILES string of the molecule is CCCCc1ccc([C@H]2CO[C@H](CCC)CO2)cc1. The van der Waals surface area contributed by atoms with Gasteiger partial charge in [0, 0.05) is 0 Å². The summed E-state index contributed by atoms with van der Waals surface area (Å²) in [4.78, 5) is 0. The number of aryl methyl sites for hydroxylation is 1. The average Bonchev–Trinajstić information content (AvgIpc) is 2.47. The van der Waals surface area contributed by atoms with Gasteiger partial charge in [0.15, 0.2) is 0 Å². The van der Waals surface area contributed by atoms with Crippen molar-refractivity contribution in [1.29, 1.82) is 0 Å². The lowest BCUT2D eigenvalue weighted by molar-refractivity contribution is -0.137. The van der Waals surface area contributed by atoms with Crippen molar-refractivity contribution in [3.05, 3.63) is 35.4 Å². The van der Waals surface area contributed by atoms with Crippen molar-refractivity contribution in [1.82, 2.24) is 0 Å². The van der Waals surface area contributed by atoms with Crippen molar-refractivity contribution < 1.29 is 9.47 Å². The Bertz CT molecular complexity index is 350. The number of hydrogen-bond acceptors (Lipinski definition) is 2. The lowest BCUT2D eigenvalue weighted by Gasteiger charge is -2.29. The molecule has 2 heteroatoms. The van der Waals surface area contributed by atoms with Gasteiger partial charge < -0.3 is 9.47 Å². The third-order valence-corrected chi connectivity index (χ3v) is 3.75. The Hall–Kier alpha value is -0.860. The van der Waals surface area contributed by atoms with Crippen LogP contribution in [0.4, 0.5) is 0 Å². The highest BCUT2D eigenvalue weighted by atomic mass is 16.6. The van der Waals surface area contributed by atoms with E-state index in [-0.39, 0.29) is 6.10 Å². The Morgan fingerprint density at radius 3 is 2.37 bits per heavy atom. The van der Waals surface area contributed by atoms with Gasteiger partial charge in [-0.2, -0.15) is 0 Å². The number of benzene rings is 1. The van der Waals surface area contributed by atoms with Crippen LogP contribution in [0.3, 0.4) is 0 Å². The van der Waals surface area contributed by atoms with E-state index in [1.54, 1.807) is 0 Å². The Labute approximate surface area is 117 Å². The van der Waals surface area contributed by atoms with Crippen LogP contribution in [0, 0.1) is 0 Å². The summed E-state index contributed by atoms with van der Waals surface area (Å²) >= 11 is 0. The van der Waals surface area contributed by atoms with Gasteiger partial charge >= 0.3 is 0 Å². The maximum absolute atomic E-state index is 5.93. The van der Waals surface area contributed by atoms with E-state index in [9.17, 15) is 0 Å². The van der Waals surface area contributed by atoms with E-state index in [0.717, 1.165) is 19.4 Å². The molecule has 2 atom stereocenters. The monoisotopic (exact) mass is 262 g/mol. The topological polar surface area (TPSA) is 18.5 Å². The maximum atomic E-state index is 5.93. The summed E-state index contributed by atoms with van der Waals surface area (Å²) in [5.74, 6) is 0. The largest absolute Gasteiger partial charge is 0.373 e. The van der Waals surface area contributed by atoms with Crippen molar-refractivity contribution in [3.8, 4) is 0 Å². The van der Waals surface area contributed by atoms with Crippen molar-refractivity contribution in [2.75, 3.05) is 13.2 Å². The zero-order chi connectivity index (χ0) is 13.5. The predicted octanol–water partition coefficient (Wildman–Crippen LogP) is 4.29. The van der Waals surface area contributed by atoms with Crippen LogP contribution >= 0.6 is 0 Å². The number of unbranched alkanes of at least 4 members (excludes halogenated alkanes) is 1. The Kier molecular flexibility index (Phi) is 5.87. The summed E-state index contributed by atoms with van der Waals surface area (Å²) in [5, 5.41) is 0. The quantitative estimate of drug-likeness (QED) is 0.761. The molecule has 0 aromatic heterocycles. The van der Waals surface area contributed by atoms with Crippen LogP contribution in [0.1, 0.15) is 56.8 Å². The molecule has 0 amide bonds. The van der Waals surface area contributed by atoms with Crippen molar-refractivity contribution in [3.63, 3.8) is 0 Å². The fourth-order valence-electron chi connectivity index (χ4n) is 2.50. The second kappa shape index (κ2) is 7.66. The van der Waals surface area contributed by atoms with Gasteiger partial charge in [0.2, 0.25) is 0 Å². The highest BCUT2D eigenvalue weighted by Gasteiger charge is 2.22. The van der Waals surface area contributed by atoms with Crippen LogP contribution < -0.4 is 0 Å². The molecule has 1 aliphatic heterocycles. The first-order valence-electron chi connectivity index (χ1n) is 7.65. The second-order valence-electron chi connectivity index (χ2n) is 5.41. The van der Waals surface area contributed by atoms with Crippen molar-refractivity contribution in [2.45, 2.75) is 58.2 Å². The smallest absolute Gasteiger partial charge is 0.106 e. The Morgan fingerprint density at radius 2 is 1.79 bits per heavy atom. The number of rotatable bonds is 6. The molecule has 0 bridgehead atoms. The molecule has 1 aromatic rings. The number of ether oxygens (including phenoxy) is 2. The highest BCUT2D eigenvalue weighted by Crippen LogP contribution is 2.24. The van der Waals surface area contributed by atoms with Gasteiger partial charge in [-0.25, -0.2) is 0 Å². The summed E-state index contributed by atoms with van der Waals surface area (Å²) in [6.07, 6.45) is 6.37. The van der Waals surface area contributed by atoms with E-state index in [1.165, 1.54) is 30.4 Å². The fraction of sp³-hybridized carbons (Fsp3) is 0.647. The Balaban J connectivity index is 1.85. The summed E-state index contributed by atoms with van der Waals surface area (Å²) < 4.78 is 11.8. The number of hydrogen-bond donors (Lipinski definition) is 0. The summed E-state index contributed by atoms with van der Waals surface area (Å²) in [5.41, 5.74) is 2.67. The molecule has 1 aromatic carbocycles. The maximum Gasteiger partial charge on any atom is 0.106 e. The molecule has 1 aliphatic rings. The van der Waals surface area contributed by atoms with Gasteiger partial charge in [-0.05, 0) is 30.4 Å². The summed E-state index contributed by atoms with van der Waals surface area (Å²) in [6.45, 7) is 5.84. The van der Waals surface area contributed by atoms with Crippen LogP contribution in [-0.4, -0.2) is 19.3 Å². The van der Waals surface area contributed by atoms with Crippen molar-refractivity contribution in [2.24, 2.45) is 0 Å². The molecule has 2 nitrogen and oxygen atoms in total. The molecule has 19 heavy (non-hydrogen) atoms. The zero-order valence-electron chi connectivity index (χ0n) is 12.2. The van der Waals surface area contributed by atoms with E-state index < -0.39 is 0 Å². The Morgan fingerprint density at radius 1 is 1.00 bits per heavy atom. The molecule has 0 unspecified atom stereocenters. The molecular formula is C17H26O2. The lowest BCUT2D eigenvalue weighted by Crippen LogP contribution is -2.30. The summed E-state index contributed by atoms with van der Waals surface area (Å²) in [7, 11) is 0.